The molecule has 0 spiro atoms. The molecule has 3 atom stereocenters. The highest BCUT2D eigenvalue weighted by Gasteiger charge is 2.44. The highest BCUT2D eigenvalue weighted by Crippen LogP contribution is 2.29. The summed E-state index contributed by atoms with van der Waals surface area (Å²) in [5.74, 6) is 0.363. The molecule has 2 N–H and O–H groups in total. The number of amides is 1. The first-order valence-corrected chi connectivity index (χ1v) is 6.48. The van der Waals surface area contributed by atoms with Crippen LogP contribution in [0.5, 0.6) is 5.75 Å². The molecule has 0 aromatic heterocycles. The lowest BCUT2D eigenvalue weighted by molar-refractivity contribution is -0.134. The molecule has 0 aliphatic heterocycles. The Labute approximate surface area is 112 Å². The van der Waals surface area contributed by atoms with Crippen LogP contribution in [0.1, 0.15) is 13.3 Å². The molecule has 5 nitrogen and oxygen atoms in total. The van der Waals surface area contributed by atoms with E-state index in [0.717, 1.165) is 5.75 Å². The molecule has 1 aliphatic carbocycles. The number of hydrogen-bond donors (Lipinski definition) is 2. The molecule has 0 heterocycles. The summed E-state index contributed by atoms with van der Waals surface area (Å²) in [6.07, 6.45) is 0.476. The van der Waals surface area contributed by atoms with Gasteiger partial charge < -0.3 is 19.9 Å². The summed E-state index contributed by atoms with van der Waals surface area (Å²) in [6, 6.07) is 9.32. The number of nitrogens with one attached hydrogen (secondary N) is 1. The van der Waals surface area contributed by atoms with Crippen LogP contribution in [0.15, 0.2) is 30.3 Å². The van der Waals surface area contributed by atoms with Crippen molar-refractivity contribution in [2.24, 2.45) is 0 Å². The minimum absolute atomic E-state index is 0.0193. The number of aliphatic hydroxyl groups is 1. The van der Waals surface area contributed by atoms with Crippen LogP contribution in [0, 0.1) is 0 Å². The van der Waals surface area contributed by atoms with Crippen molar-refractivity contribution >= 4 is 5.91 Å². The molecule has 1 fully saturated rings. The van der Waals surface area contributed by atoms with Crippen molar-refractivity contribution < 1.29 is 19.4 Å². The van der Waals surface area contributed by atoms with E-state index in [1.54, 1.807) is 0 Å². The van der Waals surface area contributed by atoms with Gasteiger partial charge in [-0.15, -0.1) is 0 Å². The third-order valence-corrected chi connectivity index (χ3v) is 3.14. The Balaban J connectivity index is 1.96. The van der Waals surface area contributed by atoms with Gasteiger partial charge >= 0.3 is 0 Å². The van der Waals surface area contributed by atoms with Crippen molar-refractivity contribution in [2.45, 2.75) is 31.6 Å². The van der Waals surface area contributed by atoms with Crippen LogP contribution in [0.2, 0.25) is 0 Å². The van der Waals surface area contributed by atoms with Gasteiger partial charge in [-0.05, 0) is 19.1 Å². The van der Waals surface area contributed by atoms with E-state index in [2.05, 4.69) is 5.32 Å². The highest BCUT2D eigenvalue weighted by molar-refractivity contribution is 5.77. The molecule has 1 aliphatic rings. The summed E-state index contributed by atoms with van der Waals surface area (Å²) in [7, 11) is 0. The lowest BCUT2D eigenvalue weighted by Crippen LogP contribution is -2.63. The molecule has 0 bridgehead atoms. The van der Waals surface area contributed by atoms with Gasteiger partial charge in [-0.2, -0.15) is 0 Å². The van der Waals surface area contributed by atoms with Crippen LogP contribution in [-0.2, 0) is 9.53 Å². The van der Waals surface area contributed by atoms with Gasteiger partial charge in [0, 0.05) is 13.0 Å². The molecule has 0 radical (unpaired) electrons. The molecule has 1 amide bonds. The van der Waals surface area contributed by atoms with Crippen LogP contribution in [0.25, 0.3) is 0 Å². The maximum absolute atomic E-state index is 11.2. The molecule has 104 valence electrons. The van der Waals surface area contributed by atoms with E-state index < -0.39 is 6.61 Å². The second-order valence-electron chi connectivity index (χ2n) is 4.46. The topological polar surface area (TPSA) is 67.8 Å². The number of para-hydroxylation sites is 1. The summed E-state index contributed by atoms with van der Waals surface area (Å²) in [5.41, 5.74) is 0. The average Bonchev–Trinajstić information content (AvgIpc) is 2.44. The van der Waals surface area contributed by atoms with Crippen LogP contribution in [0.4, 0.5) is 0 Å². The van der Waals surface area contributed by atoms with Crippen LogP contribution >= 0.6 is 0 Å². The van der Waals surface area contributed by atoms with Gasteiger partial charge in [0.2, 0.25) is 5.91 Å². The van der Waals surface area contributed by atoms with Crippen molar-refractivity contribution in [1.29, 1.82) is 0 Å². The van der Waals surface area contributed by atoms with Crippen molar-refractivity contribution in [3.05, 3.63) is 30.3 Å². The SMILES string of the molecule is CCO[C@@H]1C[C@H](NC(=O)CO)[C@@H]1Oc1ccccc1. The summed E-state index contributed by atoms with van der Waals surface area (Å²) < 4.78 is 11.4. The number of ether oxygens (including phenoxy) is 2. The third kappa shape index (κ3) is 3.45. The zero-order valence-corrected chi connectivity index (χ0v) is 10.9. The van der Waals surface area contributed by atoms with E-state index >= 15 is 0 Å². The van der Waals surface area contributed by atoms with Crippen LogP contribution in [0.3, 0.4) is 0 Å². The minimum Gasteiger partial charge on any atom is -0.486 e. The Kier molecular flexibility index (Phi) is 4.76. The molecular weight excluding hydrogens is 246 g/mol. The predicted molar refractivity (Wildman–Crippen MR) is 69.9 cm³/mol. The molecule has 0 unspecified atom stereocenters. The van der Waals surface area contributed by atoms with Gasteiger partial charge in [0.15, 0.2) is 0 Å². The first kappa shape index (κ1) is 13.8. The second-order valence-corrected chi connectivity index (χ2v) is 4.46. The summed E-state index contributed by atoms with van der Waals surface area (Å²) in [4.78, 5) is 11.2. The summed E-state index contributed by atoms with van der Waals surface area (Å²) in [5, 5.41) is 11.5. The van der Waals surface area contributed by atoms with E-state index in [1.807, 2.05) is 37.3 Å². The zero-order chi connectivity index (χ0) is 13.7. The Morgan fingerprint density at radius 1 is 1.42 bits per heavy atom. The molecule has 1 saturated carbocycles. The Hall–Kier alpha value is -1.59. The number of carbonyl (C=O) groups excluding carboxylic acids is 1. The maximum atomic E-state index is 11.2. The van der Waals surface area contributed by atoms with Gasteiger partial charge in [-0.25, -0.2) is 0 Å². The molecule has 19 heavy (non-hydrogen) atoms. The maximum Gasteiger partial charge on any atom is 0.246 e. The fourth-order valence-electron chi connectivity index (χ4n) is 2.17. The van der Waals surface area contributed by atoms with Gasteiger partial charge in [-0.3, -0.25) is 4.79 Å². The summed E-state index contributed by atoms with van der Waals surface area (Å²) in [6.45, 7) is 2.03. The average molecular weight is 265 g/mol. The molecule has 1 aromatic carbocycles. The van der Waals surface area contributed by atoms with Crippen LogP contribution < -0.4 is 10.1 Å². The van der Waals surface area contributed by atoms with Crippen LogP contribution in [-0.4, -0.2) is 42.5 Å². The van der Waals surface area contributed by atoms with Crippen molar-refractivity contribution in [2.75, 3.05) is 13.2 Å². The standard InChI is InChI=1S/C14H19NO4/c1-2-18-12-8-11(15-13(17)9-16)14(12)19-10-6-4-3-5-7-10/h3-7,11-12,14,16H,2,8-9H2,1H3,(H,15,17)/t11-,12+,14-/m0/s1. The number of rotatable bonds is 6. The lowest BCUT2D eigenvalue weighted by Gasteiger charge is -2.43. The fraction of sp³-hybridized carbons (Fsp3) is 0.500. The van der Waals surface area contributed by atoms with E-state index in [0.29, 0.717) is 13.0 Å². The Morgan fingerprint density at radius 2 is 2.16 bits per heavy atom. The molecule has 1 aromatic rings. The van der Waals surface area contributed by atoms with E-state index in [-0.39, 0.29) is 24.2 Å². The van der Waals surface area contributed by atoms with E-state index in [4.69, 9.17) is 14.6 Å². The normalized spacial score (nSPS) is 25.5. The van der Waals surface area contributed by atoms with Gasteiger partial charge in [0.1, 0.15) is 18.5 Å². The summed E-state index contributed by atoms with van der Waals surface area (Å²) >= 11 is 0. The van der Waals surface area contributed by atoms with E-state index in [1.165, 1.54) is 0 Å². The monoisotopic (exact) mass is 265 g/mol. The fourth-order valence-corrected chi connectivity index (χ4v) is 2.17. The van der Waals surface area contributed by atoms with Gasteiger partial charge in [0.25, 0.3) is 0 Å². The largest absolute Gasteiger partial charge is 0.486 e. The molecule has 5 heteroatoms. The van der Waals surface area contributed by atoms with Crippen molar-refractivity contribution in [3.63, 3.8) is 0 Å². The van der Waals surface area contributed by atoms with Gasteiger partial charge in [-0.1, -0.05) is 18.2 Å². The number of hydrogen-bond acceptors (Lipinski definition) is 4. The number of carbonyl (C=O) groups is 1. The van der Waals surface area contributed by atoms with Crippen molar-refractivity contribution in [1.82, 2.24) is 5.32 Å². The minimum atomic E-state index is -0.506. The van der Waals surface area contributed by atoms with E-state index in [9.17, 15) is 4.79 Å². The quantitative estimate of drug-likeness (QED) is 0.795. The Morgan fingerprint density at radius 3 is 2.79 bits per heavy atom. The highest BCUT2D eigenvalue weighted by atomic mass is 16.5. The Bertz CT molecular complexity index is 409. The first-order valence-electron chi connectivity index (χ1n) is 6.48. The number of aliphatic hydroxyl groups excluding tert-OH is 1. The van der Waals surface area contributed by atoms with Gasteiger partial charge in [0.05, 0.1) is 12.1 Å². The first-order chi connectivity index (χ1) is 9.24. The second kappa shape index (κ2) is 6.54. The zero-order valence-electron chi connectivity index (χ0n) is 10.9. The number of benzene rings is 1. The molecular formula is C14H19NO4. The predicted octanol–water partition coefficient (Wildman–Crippen LogP) is 0.720. The molecule has 2 rings (SSSR count). The van der Waals surface area contributed by atoms with Crippen molar-refractivity contribution in [3.8, 4) is 5.75 Å². The lowest BCUT2D eigenvalue weighted by atomic mass is 9.85. The third-order valence-electron chi connectivity index (χ3n) is 3.14. The smallest absolute Gasteiger partial charge is 0.246 e. The molecule has 0 saturated heterocycles.